The Hall–Kier alpha value is -3.63. The minimum atomic E-state index is -4.16. The zero-order chi connectivity index (χ0) is 22.9. The van der Waals surface area contributed by atoms with Crippen LogP contribution in [0.5, 0.6) is 0 Å². The van der Waals surface area contributed by atoms with E-state index in [1.54, 1.807) is 18.2 Å². The third-order valence-electron chi connectivity index (χ3n) is 5.29. The molecule has 0 aromatic heterocycles. The lowest BCUT2D eigenvalue weighted by molar-refractivity contribution is -0.383. The first-order chi connectivity index (χ1) is 15.3. The number of carbonyl (C=O) groups is 1. The van der Waals surface area contributed by atoms with Gasteiger partial charge in [-0.2, -0.15) is 4.31 Å². The maximum Gasteiger partial charge on any atom is 0.292 e. The molecule has 4 rings (SSSR count). The Bertz CT molecular complexity index is 1290. The second kappa shape index (κ2) is 8.48. The van der Waals surface area contributed by atoms with E-state index in [1.165, 1.54) is 24.3 Å². The molecule has 164 valence electrons. The molecule has 32 heavy (non-hydrogen) atoms. The number of nitrogens with one attached hydrogen (secondary N) is 1. The number of hydrogen-bond donors (Lipinski definition) is 1. The molecule has 0 saturated heterocycles. The number of sulfonamides is 1. The number of nitro groups is 1. The maximum atomic E-state index is 13.4. The molecular formula is C22H18FN3O5S. The first-order valence-electron chi connectivity index (χ1n) is 9.66. The lowest BCUT2D eigenvalue weighted by Gasteiger charge is -2.35. The number of carbonyl (C=O) groups excluding carboxylic acids is 1. The van der Waals surface area contributed by atoms with Crippen molar-refractivity contribution in [2.75, 3.05) is 5.32 Å². The van der Waals surface area contributed by atoms with Gasteiger partial charge in [0.15, 0.2) is 0 Å². The fourth-order valence-corrected chi connectivity index (χ4v) is 5.24. The van der Waals surface area contributed by atoms with E-state index < -0.39 is 32.7 Å². The summed E-state index contributed by atoms with van der Waals surface area (Å²) in [5.74, 6) is -1.28. The Morgan fingerprint density at radius 2 is 1.62 bits per heavy atom. The van der Waals surface area contributed by atoms with Crippen molar-refractivity contribution in [3.05, 3.63) is 99.9 Å². The van der Waals surface area contributed by atoms with Crippen molar-refractivity contribution < 1.29 is 22.5 Å². The molecule has 10 heteroatoms. The van der Waals surface area contributed by atoms with Crippen molar-refractivity contribution in [1.82, 2.24) is 4.31 Å². The van der Waals surface area contributed by atoms with Gasteiger partial charge in [0, 0.05) is 12.6 Å². The highest BCUT2D eigenvalue weighted by Crippen LogP contribution is 2.31. The molecule has 0 aliphatic carbocycles. The fourth-order valence-electron chi connectivity index (χ4n) is 3.67. The highest BCUT2D eigenvalue weighted by molar-refractivity contribution is 7.89. The molecule has 0 unspecified atom stereocenters. The Kier molecular flexibility index (Phi) is 5.72. The zero-order valence-electron chi connectivity index (χ0n) is 16.6. The van der Waals surface area contributed by atoms with Gasteiger partial charge in [0.05, 0.1) is 9.82 Å². The standard InChI is InChI=1S/C22H18FN3O5S/c23-17-9-11-18(12-10-17)32(30,31)25-14-16-6-2-1-5-15(16)13-21(25)22(27)24-19-7-3-4-8-20(19)26(28)29/h1-12,21H,13-14H2,(H,24,27)/t21-/m0/s1. The number of amides is 1. The van der Waals surface area contributed by atoms with Gasteiger partial charge in [-0.25, -0.2) is 12.8 Å². The molecule has 8 nitrogen and oxygen atoms in total. The van der Waals surface area contributed by atoms with E-state index in [9.17, 15) is 27.7 Å². The number of fused-ring (bicyclic) bond motifs is 1. The van der Waals surface area contributed by atoms with Gasteiger partial charge in [-0.1, -0.05) is 36.4 Å². The fraction of sp³-hybridized carbons (Fsp3) is 0.136. The van der Waals surface area contributed by atoms with Crippen LogP contribution < -0.4 is 5.32 Å². The second-order valence-electron chi connectivity index (χ2n) is 7.26. The van der Waals surface area contributed by atoms with Crippen molar-refractivity contribution in [2.24, 2.45) is 0 Å². The first-order valence-corrected chi connectivity index (χ1v) is 11.1. The van der Waals surface area contributed by atoms with Gasteiger partial charge in [-0.05, 0) is 47.9 Å². The molecule has 1 amide bonds. The number of hydrogen-bond acceptors (Lipinski definition) is 5. The van der Waals surface area contributed by atoms with Gasteiger partial charge >= 0.3 is 0 Å². The molecule has 1 aliphatic heterocycles. The molecule has 0 radical (unpaired) electrons. The van der Waals surface area contributed by atoms with E-state index in [4.69, 9.17) is 0 Å². The number of nitrogens with zero attached hydrogens (tertiary/aromatic N) is 2. The molecule has 1 N–H and O–H groups in total. The number of halogens is 1. The molecule has 0 spiro atoms. The van der Waals surface area contributed by atoms with E-state index in [0.717, 1.165) is 39.7 Å². The average Bonchev–Trinajstić information content (AvgIpc) is 2.78. The monoisotopic (exact) mass is 455 g/mol. The first kappa shape index (κ1) is 21.6. The maximum absolute atomic E-state index is 13.4. The second-order valence-corrected chi connectivity index (χ2v) is 9.15. The van der Waals surface area contributed by atoms with Crippen LogP contribution in [-0.2, 0) is 27.8 Å². The highest BCUT2D eigenvalue weighted by Gasteiger charge is 2.40. The van der Waals surface area contributed by atoms with Gasteiger partial charge in [-0.3, -0.25) is 14.9 Å². The molecule has 1 atom stereocenters. The third-order valence-corrected chi connectivity index (χ3v) is 7.16. The summed E-state index contributed by atoms with van der Waals surface area (Å²) >= 11 is 0. The van der Waals surface area contributed by atoms with Crippen LogP contribution >= 0.6 is 0 Å². The van der Waals surface area contributed by atoms with Crippen molar-refractivity contribution in [3.63, 3.8) is 0 Å². The van der Waals surface area contributed by atoms with Crippen molar-refractivity contribution in [1.29, 1.82) is 0 Å². The summed E-state index contributed by atoms with van der Waals surface area (Å²) in [7, 11) is -4.16. The van der Waals surface area contributed by atoms with Crippen molar-refractivity contribution in [3.8, 4) is 0 Å². The summed E-state index contributed by atoms with van der Waals surface area (Å²) in [4.78, 5) is 23.7. The van der Waals surface area contributed by atoms with E-state index in [0.29, 0.717) is 0 Å². The SMILES string of the molecule is O=C(Nc1ccccc1[N+](=O)[O-])[C@@H]1Cc2ccccc2CN1S(=O)(=O)c1ccc(F)cc1. The van der Waals surface area contributed by atoms with Crippen LogP contribution in [0.3, 0.4) is 0 Å². The van der Waals surface area contributed by atoms with Crippen LogP contribution in [0.15, 0.2) is 77.7 Å². The molecule has 1 heterocycles. The minimum absolute atomic E-state index is 0.0273. The van der Waals surface area contributed by atoms with Crippen molar-refractivity contribution >= 4 is 27.3 Å². The number of benzene rings is 3. The van der Waals surface area contributed by atoms with Gasteiger partial charge in [0.25, 0.3) is 5.69 Å². The molecular weight excluding hydrogens is 437 g/mol. The summed E-state index contributed by atoms with van der Waals surface area (Å²) in [6, 6.07) is 16.0. The Balaban J connectivity index is 1.73. The zero-order valence-corrected chi connectivity index (χ0v) is 17.5. The molecule has 3 aromatic rings. The summed E-state index contributed by atoms with van der Waals surface area (Å²) in [5, 5.41) is 13.8. The van der Waals surface area contributed by atoms with Crippen LogP contribution in [0.25, 0.3) is 0 Å². The summed E-state index contributed by atoms with van der Waals surface area (Å²) in [6.07, 6.45) is 0.0864. The van der Waals surface area contributed by atoms with E-state index in [2.05, 4.69) is 5.32 Å². The molecule has 3 aromatic carbocycles. The van der Waals surface area contributed by atoms with Crippen LogP contribution in [0.4, 0.5) is 15.8 Å². The predicted octanol–water partition coefficient (Wildman–Crippen LogP) is 3.49. The number of para-hydroxylation sites is 2. The van der Waals surface area contributed by atoms with Crippen LogP contribution in [-0.4, -0.2) is 29.6 Å². The molecule has 1 aliphatic rings. The molecule has 0 fully saturated rings. The highest BCUT2D eigenvalue weighted by atomic mass is 32.2. The number of nitro benzene ring substituents is 1. The number of anilines is 1. The number of rotatable bonds is 5. The summed E-state index contributed by atoms with van der Waals surface area (Å²) in [6.45, 7) is -0.0646. The average molecular weight is 455 g/mol. The lowest BCUT2D eigenvalue weighted by Crippen LogP contribution is -2.50. The van der Waals surface area contributed by atoms with Gasteiger partial charge in [0.1, 0.15) is 17.5 Å². The van der Waals surface area contributed by atoms with Crippen LogP contribution in [0.1, 0.15) is 11.1 Å². The third kappa shape index (κ3) is 4.10. The Labute approximate surface area is 183 Å². The Morgan fingerprint density at radius 3 is 2.31 bits per heavy atom. The summed E-state index contributed by atoms with van der Waals surface area (Å²) in [5.41, 5.74) is 1.22. The van der Waals surface area contributed by atoms with Crippen LogP contribution in [0.2, 0.25) is 0 Å². The van der Waals surface area contributed by atoms with E-state index in [1.807, 2.05) is 6.07 Å². The van der Waals surface area contributed by atoms with E-state index in [-0.39, 0.29) is 29.2 Å². The lowest BCUT2D eigenvalue weighted by atomic mass is 9.95. The van der Waals surface area contributed by atoms with Gasteiger partial charge < -0.3 is 5.32 Å². The topological polar surface area (TPSA) is 110 Å². The normalized spacial score (nSPS) is 16.2. The smallest absolute Gasteiger partial charge is 0.292 e. The van der Waals surface area contributed by atoms with E-state index >= 15 is 0 Å². The molecule has 0 bridgehead atoms. The molecule has 0 saturated carbocycles. The summed E-state index contributed by atoms with van der Waals surface area (Å²) < 4.78 is 41.1. The minimum Gasteiger partial charge on any atom is -0.319 e. The Morgan fingerprint density at radius 1 is 1.00 bits per heavy atom. The largest absolute Gasteiger partial charge is 0.319 e. The quantitative estimate of drug-likeness (QED) is 0.468. The van der Waals surface area contributed by atoms with Gasteiger partial charge in [0.2, 0.25) is 15.9 Å². The van der Waals surface area contributed by atoms with Crippen LogP contribution in [0, 0.1) is 15.9 Å². The van der Waals surface area contributed by atoms with Crippen molar-refractivity contribution in [2.45, 2.75) is 23.9 Å². The predicted molar refractivity (Wildman–Crippen MR) is 115 cm³/mol. The van der Waals surface area contributed by atoms with Gasteiger partial charge in [-0.15, -0.1) is 0 Å².